The summed E-state index contributed by atoms with van der Waals surface area (Å²) in [5.74, 6) is 0. The molecule has 1 heterocycles. The van der Waals surface area contributed by atoms with Crippen LogP contribution < -0.4 is 9.88 Å². The minimum atomic E-state index is 1.05. The van der Waals surface area contributed by atoms with E-state index in [2.05, 4.69) is 11.6 Å². The monoisotopic (exact) mass is 165 g/mol. The number of rotatable bonds is 1. The first-order valence-electron chi connectivity index (χ1n) is 3.47. The molecule has 0 aliphatic rings. The molecule has 0 spiro atoms. The normalized spacial score (nSPS) is 14.0. The highest BCUT2D eigenvalue weighted by Crippen LogP contribution is 1.87. The van der Waals surface area contributed by atoms with E-state index in [9.17, 15) is 0 Å². The number of hydrogen-bond acceptors (Lipinski definition) is 2. The van der Waals surface area contributed by atoms with Crippen molar-refractivity contribution < 1.29 is 0 Å². The molecule has 0 unspecified atom stereocenters. The standard InChI is InChI=1S/C9H11NS/c1-4-8-9(5-7(2)3)11-6-10-8/h4-6H,2H2,1,3H3. The van der Waals surface area contributed by atoms with Gasteiger partial charge in [0, 0.05) is 0 Å². The highest BCUT2D eigenvalue weighted by atomic mass is 32.1. The fourth-order valence-electron chi connectivity index (χ4n) is 0.812. The third kappa shape index (κ3) is 2.02. The first kappa shape index (κ1) is 8.21. The zero-order valence-electron chi connectivity index (χ0n) is 6.79. The molecule has 0 fully saturated rings. The predicted octanol–water partition coefficient (Wildman–Crippen LogP) is 1.30. The Bertz CT molecular complexity index is 359. The van der Waals surface area contributed by atoms with Gasteiger partial charge in [-0.25, -0.2) is 4.98 Å². The Morgan fingerprint density at radius 2 is 2.45 bits per heavy atom. The topological polar surface area (TPSA) is 12.9 Å². The third-order valence-corrected chi connectivity index (χ3v) is 2.07. The number of thiazole rings is 1. The van der Waals surface area contributed by atoms with Crippen LogP contribution >= 0.6 is 11.3 Å². The summed E-state index contributed by atoms with van der Waals surface area (Å²) in [4.78, 5) is 4.18. The number of allylic oxidation sites excluding steroid dienone is 1. The molecule has 0 bridgehead atoms. The molecule has 0 aliphatic heterocycles. The lowest BCUT2D eigenvalue weighted by molar-refractivity contribution is 1.31. The molecule has 1 aromatic rings. The molecule has 58 valence electrons. The van der Waals surface area contributed by atoms with Crippen molar-refractivity contribution in [2.45, 2.75) is 13.8 Å². The van der Waals surface area contributed by atoms with Crippen molar-refractivity contribution in [2.75, 3.05) is 0 Å². The lowest BCUT2D eigenvalue weighted by Gasteiger charge is -1.80. The summed E-state index contributed by atoms with van der Waals surface area (Å²) in [6.07, 6.45) is 4.05. The number of aromatic nitrogens is 1. The van der Waals surface area contributed by atoms with E-state index >= 15 is 0 Å². The second-order valence-corrected chi connectivity index (χ2v) is 3.27. The molecule has 0 radical (unpaired) electrons. The summed E-state index contributed by atoms with van der Waals surface area (Å²) in [5, 5.41) is 1.05. The number of nitrogens with zero attached hydrogens (tertiary/aromatic N) is 1. The summed E-state index contributed by atoms with van der Waals surface area (Å²) in [5.41, 5.74) is 2.92. The van der Waals surface area contributed by atoms with Crippen LogP contribution in [0, 0.1) is 0 Å². The second kappa shape index (κ2) is 3.49. The second-order valence-electron chi connectivity index (χ2n) is 2.38. The minimum Gasteiger partial charge on any atom is -0.245 e. The molecule has 0 saturated carbocycles. The first-order chi connectivity index (χ1) is 5.24. The van der Waals surface area contributed by atoms with Crippen LogP contribution in [-0.2, 0) is 0 Å². The summed E-state index contributed by atoms with van der Waals surface area (Å²) in [6.45, 7) is 7.79. The summed E-state index contributed by atoms with van der Waals surface area (Å²) in [7, 11) is 0. The van der Waals surface area contributed by atoms with E-state index in [0.717, 1.165) is 10.9 Å². The van der Waals surface area contributed by atoms with Crippen LogP contribution in [0.25, 0.3) is 12.2 Å². The van der Waals surface area contributed by atoms with Gasteiger partial charge in [0.2, 0.25) is 0 Å². The van der Waals surface area contributed by atoms with E-state index in [0.29, 0.717) is 0 Å². The van der Waals surface area contributed by atoms with Gasteiger partial charge in [-0.1, -0.05) is 18.2 Å². The molecule has 1 rings (SSSR count). The van der Waals surface area contributed by atoms with Crippen LogP contribution in [-0.4, -0.2) is 4.98 Å². The maximum atomic E-state index is 4.18. The fraction of sp³-hybridized carbons (Fsp3) is 0.222. The van der Waals surface area contributed by atoms with E-state index in [1.807, 2.05) is 31.5 Å². The first-order valence-corrected chi connectivity index (χ1v) is 4.35. The fourth-order valence-corrected chi connectivity index (χ4v) is 1.65. The van der Waals surface area contributed by atoms with Crippen molar-refractivity contribution in [3.8, 4) is 0 Å². The Labute approximate surface area is 70.4 Å². The van der Waals surface area contributed by atoms with Crippen LogP contribution in [0.3, 0.4) is 0 Å². The maximum absolute atomic E-state index is 4.18. The average Bonchev–Trinajstić information content (AvgIpc) is 2.34. The van der Waals surface area contributed by atoms with Gasteiger partial charge in [-0.15, -0.1) is 11.3 Å². The maximum Gasteiger partial charge on any atom is 0.0805 e. The van der Waals surface area contributed by atoms with E-state index in [1.165, 1.54) is 4.53 Å². The van der Waals surface area contributed by atoms with E-state index < -0.39 is 0 Å². The molecule has 2 heteroatoms. The van der Waals surface area contributed by atoms with Crippen molar-refractivity contribution in [3.63, 3.8) is 0 Å². The minimum absolute atomic E-state index is 1.05. The van der Waals surface area contributed by atoms with E-state index in [1.54, 1.807) is 11.3 Å². The predicted molar refractivity (Wildman–Crippen MR) is 50.8 cm³/mol. The molecule has 0 amide bonds. The van der Waals surface area contributed by atoms with Gasteiger partial charge in [0.15, 0.2) is 0 Å². The molecule has 0 aliphatic carbocycles. The van der Waals surface area contributed by atoms with Crippen molar-refractivity contribution in [2.24, 2.45) is 0 Å². The van der Waals surface area contributed by atoms with Gasteiger partial charge in [-0.2, -0.15) is 0 Å². The summed E-state index contributed by atoms with van der Waals surface area (Å²) < 4.78 is 1.19. The Balaban J connectivity index is 3.35. The van der Waals surface area contributed by atoms with Gasteiger partial charge < -0.3 is 0 Å². The Hall–Kier alpha value is -0.890. The van der Waals surface area contributed by atoms with Gasteiger partial charge >= 0.3 is 0 Å². The van der Waals surface area contributed by atoms with E-state index in [4.69, 9.17) is 0 Å². The van der Waals surface area contributed by atoms with Gasteiger partial charge in [0.25, 0.3) is 0 Å². The van der Waals surface area contributed by atoms with Crippen molar-refractivity contribution in [1.29, 1.82) is 0 Å². The van der Waals surface area contributed by atoms with Gasteiger partial charge in [-0.3, -0.25) is 0 Å². The lowest BCUT2D eigenvalue weighted by Crippen LogP contribution is -2.19. The third-order valence-electron chi connectivity index (χ3n) is 1.27. The van der Waals surface area contributed by atoms with Crippen molar-refractivity contribution in [3.05, 3.63) is 27.5 Å². The average molecular weight is 165 g/mol. The number of hydrogen-bond donors (Lipinski definition) is 0. The Morgan fingerprint density at radius 1 is 1.73 bits per heavy atom. The summed E-state index contributed by atoms with van der Waals surface area (Å²) >= 11 is 1.64. The smallest absolute Gasteiger partial charge is 0.0805 e. The van der Waals surface area contributed by atoms with Crippen LogP contribution in [0.2, 0.25) is 0 Å². The highest BCUT2D eigenvalue weighted by Gasteiger charge is 1.85. The summed E-state index contributed by atoms with van der Waals surface area (Å²) in [6, 6.07) is 0. The zero-order chi connectivity index (χ0) is 8.27. The molecular weight excluding hydrogens is 154 g/mol. The van der Waals surface area contributed by atoms with E-state index in [-0.39, 0.29) is 0 Å². The molecule has 0 N–H and O–H groups in total. The largest absolute Gasteiger partial charge is 0.245 e. The Kier molecular flexibility index (Phi) is 2.60. The Morgan fingerprint density at radius 3 is 3.00 bits per heavy atom. The van der Waals surface area contributed by atoms with Crippen molar-refractivity contribution >= 4 is 23.5 Å². The highest BCUT2D eigenvalue weighted by molar-refractivity contribution is 7.07. The van der Waals surface area contributed by atoms with Gasteiger partial charge in [0.05, 0.1) is 15.4 Å². The zero-order valence-corrected chi connectivity index (χ0v) is 7.61. The van der Waals surface area contributed by atoms with Crippen LogP contribution in [0.4, 0.5) is 0 Å². The van der Waals surface area contributed by atoms with Crippen molar-refractivity contribution in [1.82, 2.24) is 4.98 Å². The molecule has 0 saturated heterocycles. The quantitative estimate of drug-likeness (QED) is 0.611. The SMILES string of the molecule is C=C(C)C=c1scnc1=CC. The van der Waals surface area contributed by atoms with Crippen LogP contribution in [0.1, 0.15) is 13.8 Å². The lowest BCUT2D eigenvalue weighted by atomic mass is 10.3. The van der Waals surface area contributed by atoms with Crippen LogP contribution in [0.15, 0.2) is 17.7 Å². The molecule has 11 heavy (non-hydrogen) atoms. The molecule has 0 aromatic carbocycles. The molecule has 1 aromatic heterocycles. The molecular formula is C9H11NS. The van der Waals surface area contributed by atoms with Crippen LogP contribution in [0.5, 0.6) is 0 Å². The molecule has 1 nitrogen and oxygen atoms in total. The van der Waals surface area contributed by atoms with Gasteiger partial charge in [0.1, 0.15) is 0 Å². The molecule has 0 atom stereocenters. The van der Waals surface area contributed by atoms with Gasteiger partial charge in [-0.05, 0) is 19.9 Å².